The highest BCUT2D eigenvalue weighted by Gasteiger charge is 2.09. The summed E-state index contributed by atoms with van der Waals surface area (Å²) in [6.07, 6.45) is 1.97. The van der Waals surface area contributed by atoms with E-state index in [1.54, 1.807) is 6.07 Å². The smallest absolute Gasteiger partial charge is 0.354 e. The second-order valence-electron chi connectivity index (χ2n) is 2.44. The molecule has 0 atom stereocenters. The third-order valence-corrected chi connectivity index (χ3v) is 1.57. The lowest BCUT2D eigenvalue weighted by Crippen LogP contribution is -2.05. The Labute approximate surface area is 70.0 Å². The lowest BCUT2D eigenvalue weighted by Gasteiger charge is -2.02. The second kappa shape index (κ2) is 3.21. The molecule has 0 aliphatic carbocycles. The van der Waals surface area contributed by atoms with Gasteiger partial charge in [0.2, 0.25) is 0 Å². The molecule has 12 heavy (non-hydrogen) atoms. The van der Waals surface area contributed by atoms with Crippen LogP contribution in [0.15, 0.2) is 12.3 Å². The van der Waals surface area contributed by atoms with Crippen LogP contribution in [0, 0.1) is 0 Å². The van der Waals surface area contributed by atoms with E-state index >= 15 is 0 Å². The van der Waals surface area contributed by atoms with Gasteiger partial charge in [0.25, 0.3) is 0 Å². The van der Waals surface area contributed by atoms with E-state index in [1.807, 2.05) is 6.92 Å². The number of nitrogen functional groups attached to an aromatic ring is 1. The molecule has 3 N–H and O–H groups in total. The van der Waals surface area contributed by atoms with Gasteiger partial charge in [-0.1, -0.05) is 6.92 Å². The number of rotatable bonds is 2. The van der Waals surface area contributed by atoms with Crippen molar-refractivity contribution in [1.29, 1.82) is 0 Å². The minimum absolute atomic E-state index is 0.0895. The van der Waals surface area contributed by atoms with E-state index in [4.69, 9.17) is 10.8 Å². The third kappa shape index (κ3) is 1.53. The molecule has 0 radical (unpaired) electrons. The van der Waals surface area contributed by atoms with Gasteiger partial charge in [-0.3, -0.25) is 0 Å². The van der Waals surface area contributed by atoms with Crippen LogP contribution in [0.2, 0.25) is 0 Å². The number of aromatic nitrogens is 1. The fourth-order valence-electron chi connectivity index (χ4n) is 0.991. The normalized spacial score (nSPS) is 9.75. The zero-order valence-corrected chi connectivity index (χ0v) is 6.74. The molecule has 0 bridgehead atoms. The molecule has 0 aromatic carbocycles. The van der Waals surface area contributed by atoms with Crippen molar-refractivity contribution in [3.63, 3.8) is 0 Å². The van der Waals surface area contributed by atoms with E-state index in [-0.39, 0.29) is 5.69 Å². The maximum Gasteiger partial charge on any atom is 0.354 e. The number of carboxylic acids is 1. The monoisotopic (exact) mass is 166 g/mol. The van der Waals surface area contributed by atoms with Crippen LogP contribution in [0.25, 0.3) is 0 Å². The zero-order valence-electron chi connectivity index (χ0n) is 6.74. The molecule has 0 spiro atoms. The molecule has 0 fully saturated rings. The predicted molar refractivity (Wildman–Crippen MR) is 45.0 cm³/mol. The van der Waals surface area contributed by atoms with Gasteiger partial charge in [0, 0.05) is 0 Å². The summed E-state index contributed by atoms with van der Waals surface area (Å²) in [4.78, 5) is 14.3. The Bertz CT molecular complexity index is 310. The van der Waals surface area contributed by atoms with Crippen LogP contribution in [0.3, 0.4) is 0 Å². The van der Waals surface area contributed by atoms with E-state index < -0.39 is 5.97 Å². The van der Waals surface area contributed by atoms with Gasteiger partial charge in [-0.2, -0.15) is 0 Å². The van der Waals surface area contributed by atoms with Crippen LogP contribution in [-0.2, 0) is 6.42 Å². The summed E-state index contributed by atoms with van der Waals surface area (Å²) in [6.45, 7) is 1.86. The maximum absolute atomic E-state index is 10.6. The van der Waals surface area contributed by atoms with Crippen LogP contribution in [-0.4, -0.2) is 16.1 Å². The van der Waals surface area contributed by atoms with Crippen LogP contribution < -0.4 is 5.73 Å². The highest BCUT2D eigenvalue weighted by Crippen LogP contribution is 2.10. The van der Waals surface area contributed by atoms with E-state index in [1.165, 1.54) is 6.20 Å². The topological polar surface area (TPSA) is 76.2 Å². The van der Waals surface area contributed by atoms with Crippen LogP contribution in [0.5, 0.6) is 0 Å². The number of pyridine rings is 1. The molecule has 0 amide bonds. The number of nitrogens with zero attached hydrogens (tertiary/aromatic N) is 1. The molecule has 1 heterocycles. The van der Waals surface area contributed by atoms with Crippen molar-refractivity contribution in [1.82, 2.24) is 4.98 Å². The summed E-state index contributed by atoms with van der Waals surface area (Å²) in [7, 11) is 0. The Hall–Kier alpha value is -1.58. The first-order valence-corrected chi connectivity index (χ1v) is 3.62. The number of aromatic carboxylic acids is 1. The average molecular weight is 166 g/mol. The Morgan fingerprint density at radius 2 is 2.42 bits per heavy atom. The second-order valence-corrected chi connectivity index (χ2v) is 2.44. The van der Waals surface area contributed by atoms with Gasteiger partial charge in [-0.25, -0.2) is 9.78 Å². The molecule has 0 aliphatic heterocycles. The van der Waals surface area contributed by atoms with Crippen molar-refractivity contribution in [3.05, 3.63) is 23.5 Å². The van der Waals surface area contributed by atoms with E-state index in [2.05, 4.69) is 4.98 Å². The van der Waals surface area contributed by atoms with Gasteiger partial charge in [0.05, 0.1) is 11.9 Å². The molecule has 0 unspecified atom stereocenters. The molecular formula is C8H10N2O2. The average Bonchev–Trinajstić information content (AvgIpc) is 2.03. The Morgan fingerprint density at radius 3 is 2.92 bits per heavy atom. The summed E-state index contributed by atoms with van der Waals surface area (Å²) >= 11 is 0. The summed E-state index contributed by atoms with van der Waals surface area (Å²) in [5.74, 6) is -1.01. The first-order valence-electron chi connectivity index (χ1n) is 3.62. The lowest BCUT2D eigenvalue weighted by molar-refractivity contribution is 0.0689. The fourth-order valence-corrected chi connectivity index (χ4v) is 0.991. The Balaban J connectivity index is 3.20. The highest BCUT2D eigenvalue weighted by molar-refractivity contribution is 5.87. The van der Waals surface area contributed by atoms with E-state index in [0.717, 1.165) is 0 Å². The molecule has 1 rings (SSSR count). The Morgan fingerprint density at radius 1 is 1.75 bits per heavy atom. The number of aryl methyl sites for hydroxylation is 1. The highest BCUT2D eigenvalue weighted by atomic mass is 16.4. The van der Waals surface area contributed by atoms with Gasteiger partial charge < -0.3 is 10.8 Å². The number of nitrogens with two attached hydrogens (primary N) is 1. The molecule has 0 saturated heterocycles. The molecule has 64 valence electrons. The van der Waals surface area contributed by atoms with Crippen LogP contribution in [0.4, 0.5) is 5.69 Å². The lowest BCUT2D eigenvalue weighted by atomic mass is 10.1. The summed E-state index contributed by atoms with van der Waals surface area (Å²) < 4.78 is 0. The predicted octanol–water partition coefficient (Wildman–Crippen LogP) is 0.924. The third-order valence-electron chi connectivity index (χ3n) is 1.57. The number of anilines is 1. The standard InChI is InChI=1S/C8H10N2O2/c1-2-5-3-6(9)4-10-7(5)8(11)12/h3-4H,2,9H2,1H3,(H,11,12). The van der Waals surface area contributed by atoms with Crippen molar-refractivity contribution in [3.8, 4) is 0 Å². The molecular weight excluding hydrogens is 156 g/mol. The number of hydrogen-bond acceptors (Lipinski definition) is 3. The van der Waals surface area contributed by atoms with Crippen molar-refractivity contribution in [2.24, 2.45) is 0 Å². The summed E-state index contributed by atoms with van der Waals surface area (Å²) in [5, 5.41) is 8.68. The Kier molecular flexibility index (Phi) is 2.28. The van der Waals surface area contributed by atoms with Crippen LogP contribution >= 0.6 is 0 Å². The van der Waals surface area contributed by atoms with Gasteiger partial charge in [0.15, 0.2) is 5.69 Å². The first-order chi connectivity index (χ1) is 5.65. The molecule has 4 nitrogen and oxygen atoms in total. The van der Waals surface area contributed by atoms with Crippen molar-refractivity contribution >= 4 is 11.7 Å². The summed E-state index contributed by atoms with van der Waals surface area (Å²) in [6, 6.07) is 1.64. The largest absolute Gasteiger partial charge is 0.477 e. The zero-order chi connectivity index (χ0) is 9.14. The maximum atomic E-state index is 10.6. The number of carboxylic acid groups (broad SMARTS) is 1. The molecule has 1 aromatic heterocycles. The summed E-state index contributed by atoms with van der Waals surface area (Å²) in [5.41, 5.74) is 6.70. The molecule has 1 aromatic rings. The number of hydrogen-bond donors (Lipinski definition) is 2. The van der Waals surface area contributed by atoms with Crippen LogP contribution in [0.1, 0.15) is 23.0 Å². The SMILES string of the molecule is CCc1cc(N)cnc1C(=O)O. The quantitative estimate of drug-likeness (QED) is 0.685. The van der Waals surface area contributed by atoms with E-state index in [0.29, 0.717) is 17.7 Å². The van der Waals surface area contributed by atoms with Gasteiger partial charge >= 0.3 is 5.97 Å². The fraction of sp³-hybridized carbons (Fsp3) is 0.250. The minimum Gasteiger partial charge on any atom is -0.477 e. The van der Waals surface area contributed by atoms with Crippen molar-refractivity contribution < 1.29 is 9.90 Å². The minimum atomic E-state index is -1.01. The molecule has 0 aliphatic rings. The van der Waals surface area contributed by atoms with Gasteiger partial charge in [-0.05, 0) is 18.1 Å². The molecule has 4 heteroatoms. The van der Waals surface area contributed by atoms with Crippen molar-refractivity contribution in [2.75, 3.05) is 5.73 Å². The number of carbonyl (C=O) groups is 1. The molecule has 0 saturated carbocycles. The van der Waals surface area contributed by atoms with Gasteiger partial charge in [-0.15, -0.1) is 0 Å². The first kappa shape index (κ1) is 8.52. The van der Waals surface area contributed by atoms with E-state index in [9.17, 15) is 4.79 Å². The van der Waals surface area contributed by atoms with Gasteiger partial charge in [0.1, 0.15) is 0 Å². The van der Waals surface area contributed by atoms with Crippen molar-refractivity contribution in [2.45, 2.75) is 13.3 Å².